The number of fused-ring (bicyclic) bond motifs is 1. The highest BCUT2D eigenvalue weighted by molar-refractivity contribution is 6.00. The molecule has 7 heteroatoms. The Labute approximate surface area is 168 Å². The van der Waals surface area contributed by atoms with Crippen LogP contribution in [0.25, 0.3) is 11.4 Å². The molecule has 29 heavy (non-hydrogen) atoms. The Morgan fingerprint density at radius 3 is 2.69 bits per heavy atom. The first-order valence-corrected chi connectivity index (χ1v) is 9.60. The highest BCUT2D eigenvalue weighted by atomic mass is 16.3. The number of aromatic hydroxyl groups is 1. The van der Waals surface area contributed by atoms with Crippen LogP contribution in [-0.4, -0.2) is 30.6 Å². The molecule has 0 amide bonds. The van der Waals surface area contributed by atoms with E-state index in [-0.39, 0.29) is 23.0 Å². The summed E-state index contributed by atoms with van der Waals surface area (Å²) in [6.45, 7) is 4.22. The molecule has 3 aromatic rings. The van der Waals surface area contributed by atoms with Crippen molar-refractivity contribution in [3.63, 3.8) is 0 Å². The van der Waals surface area contributed by atoms with Crippen molar-refractivity contribution >= 4 is 11.7 Å². The molecule has 2 N–H and O–H groups in total. The monoisotopic (exact) mass is 387 g/mol. The molecule has 0 spiro atoms. The fraction of sp³-hybridized carbons (Fsp3) is 0.273. The average Bonchev–Trinajstić information content (AvgIpc) is 3.10. The maximum absolute atomic E-state index is 13.1. The number of ketones is 1. The summed E-state index contributed by atoms with van der Waals surface area (Å²) in [5.74, 6) is 1.46. The van der Waals surface area contributed by atoms with Crippen molar-refractivity contribution in [1.82, 2.24) is 19.7 Å². The SMILES string of the molecule is CC1(C)CC(=O)C2=C(C1)Nc1nc(-c3ccc(O)cc3)nn1C2c1cccnc1. The van der Waals surface area contributed by atoms with Crippen LogP contribution in [0.3, 0.4) is 0 Å². The average molecular weight is 387 g/mol. The van der Waals surface area contributed by atoms with Gasteiger partial charge in [0, 0.05) is 35.6 Å². The van der Waals surface area contributed by atoms with Gasteiger partial charge >= 0.3 is 0 Å². The summed E-state index contributed by atoms with van der Waals surface area (Å²) in [5.41, 5.74) is 3.24. The number of pyridine rings is 1. The van der Waals surface area contributed by atoms with Crippen molar-refractivity contribution < 1.29 is 9.90 Å². The topological polar surface area (TPSA) is 92.9 Å². The molecule has 0 bridgehead atoms. The second-order valence-corrected chi connectivity index (χ2v) is 8.40. The highest BCUT2D eigenvalue weighted by Crippen LogP contribution is 2.45. The summed E-state index contributed by atoms with van der Waals surface area (Å²) in [5, 5.41) is 17.6. The zero-order valence-electron chi connectivity index (χ0n) is 16.3. The Bertz CT molecular complexity index is 1130. The lowest BCUT2D eigenvalue weighted by atomic mass is 9.73. The van der Waals surface area contributed by atoms with Crippen molar-refractivity contribution in [3.05, 3.63) is 65.6 Å². The van der Waals surface area contributed by atoms with E-state index in [1.54, 1.807) is 41.3 Å². The molecule has 1 aliphatic heterocycles. The van der Waals surface area contributed by atoms with Gasteiger partial charge in [-0.05, 0) is 47.7 Å². The number of hydrogen-bond acceptors (Lipinski definition) is 6. The number of phenols is 1. The highest BCUT2D eigenvalue weighted by Gasteiger charge is 2.41. The normalized spacial score (nSPS) is 20.1. The summed E-state index contributed by atoms with van der Waals surface area (Å²) in [6.07, 6.45) is 4.76. The van der Waals surface area contributed by atoms with Crippen molar-refractivity contribution in [2.24, 2.45) is 5.41 Å². The number of anilines is 1. The van der Waals surface area contributed by atoms with Crippen LogP contribution >= 0.6 is 0 Å². The van der Waals surface area contributed by atoms with Crippen molar-refractivity contribution in [1.29, 1.82) is 0 Å². The first kappa shape index (κ1) is 17.6. The summed E-state index contributed by atoms with van der Waals surface area (Å²) in [6, 6.07) is 10.2. The van der Waals surface area contributed by atoms with Crippen LogP contribution in [0.4, 0.5) is 5.95 Å². The van der Waals surface area contributed by atoms with Gasteiger partial charge in [0.15, 0.2) is 11.6 Å². The van der Waals surface area contributed by atoms with Gasteiger partial charge in [0.2, 0.25) is 5.95 Å². The second kappa shape index (κ2) is 6.27. The molecule has 1 atom stereocenters. The number of allylic oxidation sites excluding steroid dienone is 2. The molecule has 0 saturated carbocycles. The smallest absolute Gasteiger partial charge is 0.226 e. The Kier molecular flexibility index (Phi) is 3.81. The van der Waals surface area contributed by atoms with Crippen molar-refractivity contribution in [3.8, 4) is 17.1 Å². The third-order valence-electron chi connectivity index (χ3n) is 5.46. The molecule has 1 aliphatic carbocycles. The van der Waals surface area contributed by atoms with E-state index in [1.165, 1.54) is 0 Å². The molecule has 1 aromatic carbocycles. The van der Waals surface area contributed by atoms with Crippen molar-refractivity contribution in [2.75, 3.05) is 5.32 Å². The number of rotatable bonds is 2. The number of Topliss-reactive ketones (excluding diaryl/α,β-unsaturated/α-hetero) is 1. The molecule has 0 fully saturated rings. The number of aromatic nitrogens is 4. The summed E-state index contributed by atoms with van der Waals surface area (Å²) in [4.78, 5) is 22.1. The molecular formula is C22H21N5O2. The fourth-order valence-electron chi connectivity index (χ4n) is 4.19. The maximum atomic E-state index is 13.1. The molecule has 0 radical (unpaired) electrons. The van der Waals surface area contributed by atoms with E-state index >= 15 is 0 Å². The number of benzene rings is 1. The first-order chi connectivity index (χ1) is 13.9. The maximum Gasteiger partial charge on any atom is 0.226 e. The zero-order valence-corrected chi connectivity index (χ0v) is 16.3. The Morgan fingerprint density at radius 1 is 1.17 bits per heavy atom. The number of phenolic OH excluding ortho intramolecular Hbond substituents is 1. The fourth-order valence-corrected chi connectivity index (χ4v) is 4.19. The van der Waals surface area contributed by atoms with Crippen LogP contribution in [-0.2, 0) is 4.79 Å². The molecule has 146 valence electrons. The van der Waals surface area contributed by atoms with E-state index in [0.717, 1.165) is 28.8 Å². The van der Waals surface area contributed by atoms with Crippen LogP contribution < -0.4 is 5.32 Å². The largest absolute Gasteiger partial charge is 0.508 e. The molecule has 2 aliphatic rings. The van der Waals surface area contributed by atoms with Gasteiger partial charge in [-0.15, -0.1) is 5.10 Å². The van der Waals surface area contributed by atoms with Crippen LogP contribution in [0.5, 0.6) is 5.75 Å². The van der Waals surface area contributed by atoms with Crippen LogP contribution in [0.2, 0.25) is 0 Å². The Hall–Kier alpha value is -3.48. The number of nitrogens with one attached hydrogen (secondary N) is 1. The van der Waals surface area contributed by atoms with E-state index < -0.39 is 0 Å². The van der Waals surface area contributed by atoms with Gasteiger partial charge in [0.05, 0.1) is 0 Å². The molecule has 5 rings (SSSR count). The standard InChI is InChI=1S/C22H21N5O2/c1-22(2)10-16-18(17(29)11-22)19(14-4-3-9-23-12-14)27-21(24-16)25-20(26-27)13-5-7-15(28)8-6-13/h3-9,12,19,28H,10-11H2,1-2H3,(H,24,25,26). The number of carbonyl (C=O) groups excluding carboxylic acids is 1. The summed E-state index contributed by atoms with van der Waals surface area (Å²) in [7, 11) is 0. The molecule has 0 saturated heterocycles. The zero-order chi connectivity index (χ0) is 20.2. The molecule has 2 aromatic heterocycles. The lowest BCUT2D eigenvalue weighted by Gasteiger charge is -2.38. The Balaban J connectivity index is 1.67. The van der Waals surface area contributed by atoms with E-state index in [1.807, 2.05) is 12.1 Å². The van der Waals surface area contributed by atoms with Crippen LogP contribution in [0.1, 0.15) is 38.3 Å². The first-order valence-electron chi connectivity index (χ1n) is 9.60. The number of hydrogen-bond donors (Lipinski definition) is 2. The Morgan fingerprint density at radius 2 is 1.97 bits per heavy atom. The minimum Gasteiger partial charge on any atom is -0.508 e. The summed E-state index contributed by atoms with van der Waals surface area (Å²) < 4.78 is 1.77. The number of nitrogens with zero attached hydrogens (tertiary/aromatic N) is 4. The van der Waals surface area contributed by atoms with Crippen molar-refractivity contribution in [2.45, 2.75) is 32.7 Å². The second-order valence-electron chi connectivity index (χ2n) is 8.40. The van der Waals surface area contributed by atoms with Gasteiger partial charge in [0.1, 0.15) is 11.8 Å². The molecule has 3 heterocycles. The lowest BCUT2D eigenvalue weighted by molar-refractivity contribution is -0.118. The minimum atomic E-state index is -0.364. The van der Waals surface area contributed by atoms with E-state index in [0.29, 0.717) is 18.2 Å². The molecular weight excluding hydrogens is 366 g/mol. The van der Waals surface area contributed by atoms with Gasteiger partial charge in [-0.2, -0.15) is 4.98 Å². The van der Waals surface area contributed by atoms with Crippen LogP contribution in [0, 0.1) is 5.41 Å². The van der Waals surface area contributed by atoms with Gasteiger partial charge < -0.3 is 10.4 Å². The third-order valence-corrected chi connectivity index (χ3v) is 5.46. The van der Waals surface area contributed by atoms with E-state index in [2.05, 4.69) is 29.1 Å². The molecule has 1 unspecified atom stereocenters. The lowest BCUT2D eigenvalue weighted by Crippen LogP contribution is -2.36. The van der Waals surface area contributed by atoms with Gasteiger partial charge in [-0.1, -0.05) is 19.9 Å². The minimum absolute atomic E-state index is 0.107. The van der Waals surface area contributed by atoms with Crippen LogP contribution in [0.15, 0.2) is 60.1 Å². The third kappa shape index (κ3) is 2.99. The molecule has 7 nitrogen and oxygen atoms in total. The predicted molar refractivity (Wildman–Crippen MR) is 108 cm³/mol. The van der Waals surface area contributed by atoms with E-state index in [4.69, 9.17) is 5.10 Å². The van der Waals surface area contributed by atoms with E-state index in [9.17, 15) is 9.90 Å². The summed E-state index contributed by atoms with van der Waals surface area (Å²) >= 11 is 0. The number of carbonyl (C=O) groups is 1. The van der Waals surface area contributed by atoms with Gasteiger partial charge in [0.25, 0.3) is 0 Å². The van der Waals surface area contributed by atoms with Gasteiger partial charge in [-0.3, -0.25) is 9.78 Å². The quantitative estimate of drug-likeness (QED) is 0.696. The van der Waals surface area contributed by atoms with Gasteiger partial charge in [-0.25, -0.2) is 4.68 Å². The predicted octanol–water partition coefficient (Wildman–Crippen LogP) is 3.70.